The van der Waals surface area contributed by atoms with E-state index in [1.807, 2.05) is 12.1 Å². The molecule has 0 aliphatic carbocycles. The molecule has 7 nitrogen and oxygen atoms in total. The zero-order valence-corrected chi connectivity index (χ0v) is 16.8. The van der Waals surface area contributed by atoms with Gasteiger partial charge in [-0.05, 0) is 42.9 Å². The fraction of sp³-hybridized carbons (Fsp3) is 0.579. The Labute approximate surface area is 161 Å². The second-order valence-electron chi connectivity index (χ2n) is 7.26. The second-order valence-corrected chi connectivity index (χ2v) is 9.20. The van der Waals surface area contributed by atoms with Crippen LogP contribution in [0.15, 0.2) is 29.2 Å². The average molecular weight is 396 g/mol. The topological polar surface area (TPSA) is 110 Å². The van der Waals surface area contributed by atoms with Crippen molar-refractivity contribution in [2.75, 3.05) is 19.6 Å². The summed E-state index contributed by atoms with van der Waals surface area (Å²) in [7, 11) is -3.53. The summed E-state index contributed by atoms with van der Waals surface area (Å²) in [5.41, 5.74) is 6.16. The van der Waals surface area contributed by atoms with Crippen LogP contribution in [0.1, 0.15) is 51.0 Å². The van der Waals surface area contributed by atoms with E-state index in [1.54, 1.807) is 12.1 Å². The minimum atomic E-state index is -3.53. The SMILES string of the molecule is CC(C)c1ccc(S(=O)(=O)N2CCC(C(=O)NCCCC(N)=O)CC2)cc1. The first kappa shape index (κ1) is 21.4. The third-order valence-corrected chi connectivity index (χ3v) is 6.82. The van der Waals surface area contributed by atoms with E-state index in [-0.39, 0.29) is 24.2 Å². The van der Waals surface area contributed by atoms with Crippen molar-refractivity contribution in [3.8, 4) is 0 Å². The van der Waals surface area contributed by atoms with Crippen molar-refractivity contribution in [3.05, 3.63) is 29.8 Å². The maximum atomic E-state index is 12.8. The minimum absolute atomic E-state index is 0.0854. The number of amides is 2. The van der Waals surface area contributed by atoms with Crippen LogP contribution >= 0.6 is 0 Å². The molecule has 27 heavy (non-hydrogen) atoms. The predicted octanol–water partition coefficient (Wildman–Crippen LogP) is 1.59. The Bertz CT molecular complexity index is 752. The number of carbonyl (C=O) groups excluding carboxylic acids is 2. The molecular weight excluding hydrogens is 366 g/mol. The third kappa shape index (κ3) is 5.77. The Morgan fingerprint density at radius 2 is 1.78 bits per heavy atom. The number of hydrogen-bond donors (Lipinski definition) is 2. The molecule has 2 amide bonds. The molecule has 2 rings (SSSR count). The molecule has 3 N–H and O–H groups in total. The van der Waals surface area contributed by atoms with Gasteiger partial charge in [-0.2, -0.15) is 4.31 Å². The number of benzene rings is 1. The standard InChI is InChI=1S/C19H29N3O4S/c1-14(2)15-5-7-17(8-6-15)27(25,26)22-12-9-16(10-13-22)19(24)21-11-3-4-18(20)23/h5-8,14,16H,3-4,9-13H2,1-2H3,(H2,20,23)(H,21,24). The number of piperidine rings is 1. The van der Waals surface area contributed by atoms with Crippen molar-refractivity contribution in [1.29, 1.82) is 0 Å². The number of nitrogens with two attached hydrogens (primary N) is 1. The summed E-state index contributed by atoms with van der Waals surface area (Å²) in [4.78, 5) is 23.2. The van der Waals surface area contributed by atoms with E-state index in [1.165, 1.54) is 4.31 Å². The van der Waals surface area contributed by atoms with E-state index < -0.39 is 10.0 Å². The highest BCUT2D eigenvalue weighted by molar-refractivity contribution is 7.89. The lowest BCUT2D eigenvalue weighted by Crippen LogP contribution is -2.43. The molecule has 0 spiro atoms. The molecule has 0 radical (unpaired) electrons. The van der Waals surface area contributed by atoms with Crippen molar-refractivity contribution in [1.82, 2.24) is 9.62 Å². The summed E-state index contributed by atoms with van der Waals surface area (Å²) in [5, 5.41) is 2.80. The van der Waals surface area contributed by atoms with Crippen LogP contribution in [0.4, 0.5) is 0 Å². The fourth-order valence-corrected chi connectivity index (χ4v) is 4.62. The third-order valence-electron chi connectivity index (χ3n) is 4.91. The summed E-state index contributed by atoms with van der Waals surface area (Å²) >= 11 is 0. The van der Waals surface area contributed by atoms with Crippen LogP contribution < -0.4 is 11.1 Å². The van der Waals surface area contributed by atoms with Gasteiger partial charge in [0.2, 0.25) is 21.8 Å². The minimum Gasteiger partial charge on any atom is -0.370 e. The van der Waals surface area contributed by atoms with Crippen molar-refractivity contribution < 1.29 is 18.0 Å². The van der Waals surface area contributed by atoms with Crippen LogP contribution in [-0.2, 0) is 19.6 Å². The molecule has 0 aromatic heterocycles. The molecule has 1 saturated heterocycles. The lowest BCUT2D eigenvalue weighted by Gasteiger charge is -2.30. The monoisotopic (exact) mass is 395 g/mol. The van der Waals surface area contributed by atoms with Crippen molar-refractivity contribution in [3.63, 3.8) is 0 Å². The average Bonchev–Trinajstić information content (AvgIpc) is 2.65. The van der Waals surface area contributed by atoms with Gasteiger partial charge in [-0.25, -0.2) is 8.42 Å². The van der Waals surface area contributed by atoms with Gasteiger partial charge in [-0.15, -0.1) is 0 Å². The van der Waals surface area contributed by atoms with Gasteiger partial charge in [0.05, 0.1) is 4.90 Å². The molecule has 8 heteroatoms. The Hall–Kier alpha value is -1.93. The molecule has 1 aromatic carbocycles. The fourth-order valence-electron chi connectivity index (χ4n) is 3.15. The molecule has 1 aliphatic rings. The number of sulfonamides is 1. The zero-order chi connectivity index (χ0) is 20.0. The number of rotatable bonds is 8. The lowest BCUT2D eigenvalue weighted by molar-refractivity contribution is -0.126. The van der Waals surface area contributed by atoms with Gasteiger partial charge in [0.25, 0.3) is 0 Å². The molecule has 150 valence electrons. The van der Waals surface area contributed by atoms with E-state index >= 15 is 0 Å². The zero-order valence-electron chi connectivity index (χ0n) is 16.0. The van der Waals surface area contributed by atoms with Gasteiger partial charge >= 0.3 is 0 Å². The number of nitrogens with one attached hydrogen (secondary N) is 1. The van der Waals surface area contributed by atoms with E-state index in [4.69, 9.17) is 5.73 Å². The molecule has 0 atom stereocenters. The molecule has 1 aliphatic heterocycles. The smallest absolute Gasteiger partial charge is 0.243 e. The summed E-state index contributed by atoms with van der Waals surface area (Å²) < 4.78 is 27.1. The van der Waals surface area contributed by atoms with Gasteiger partial charge in [-0.1, -0.05) is 26.0 Å². The largest absolute Gasteiger partial charge is 0.370 e. The van der Waals surface area contributed by atoms with Gasteiger partial charge in [-0.3, -0.25) is 9.59 Å². The lowest BCUT2D eigenvalue weighted by atomic mass is 9.97. The van der Waals surface area contributed by atoms with Crippen LogP contribution in [0.5, 0.6) is 0 Å². The van der Waals surface area contributed by atoms with Gasteiger partial charge in [0.15, 0.2) is 0 Å². The van der Waals surface area contributed by atoms with Crippen LogP contribution in [0.3, 0.4) is 0 Å². The highest BCUT2D eigenvalue weighted by atomic mass is 32.2. The molecular formula is C19H29N3O4S. The van der Waals surface area contributed by atoms with Gasteiger partial charge in [0.1, 0.15) is 0 Å². The van der Waals surface area contributed by atoms with Gasteiger partial charge in [0, 0.05) is 32.0 Å². The summed E-state index contributed by atoms with van der Waals surface area (Å²) in [6.07, 6.45) is 1.74. The van der Waals surface area contributed by atoms with Crippen molar-refractivity contribution >= 4 is 21.8 Å². The Morgan fingerprint density at radius 1 is 1.19 bits per heavy atom. The molecule has 1 heterocycles. The maximum absolute atomic E-state index is 12.8. The molecule has 0 saturated carbocycles. The van der Waals surface area contributed by atoms with Crippen LogP contribution in [0.2, 0.25) is 0 Å². The van der Waals surface area contributed by atoms with E-state index in [0.29, 0.717) is 49.7 Å². The van der Waals surface area contributed by atoms with Crippen LogP contribution in [-0.4, -0.2) is 44.2 Å². The number of carbonyl (C=O) groups is 2. The van der Waals surface area contributed by atoms with Crippen LogP contribution in [0, 0.1) is 5.92 Å². The Kier molecular flexibility index (Phi) is 7.38. The van der Waals surface area contributed by atoms with Crippen LogP contribution in [0.25, 0.3) is 0 Å². The van der Waals surface area contributed by atoms with E-state index in [9.17, 15) is 18.0 Å². The number of hydrogen-bond acceptors (Lipinski definition) is 4. The van der Waals surface area contributed by atoms with E-state index in [0.717, 1.165) is 5.56 Å². The number of primary amides is 1. The maximum Gasteiger partial charge on any atom is 0.243 e. The highest BCUT2D eigenvalue weighted by Crippen LogP contribution is 2.25. The Morgan fingerprint density at radius 3 is 2.30 bits per heavy atom. The normalized spacial score (nSPS) is 16.4. The summed E-state index contributed by atoms with van der Waals surface area (Å²) in [5.74, 6) is -0.325. The first-order chi connectivity index (χ1) is 12.7. The van der Waals surface area contributed by atoms with Crippen molar-refractivity contribution in [2.45, 2.75) is 50.3 Å². The molecule has 0 unspecified atom stereocenters. The predicted molar refractivity (Wildman–Crippen MR) is 103 cm³/mol. The quantitative estimate of drug-likeness (QED) is 0.651. The first-order valence-electron chi connectivity index (χ1n) is 9.38. The first-order valence-corrected chi connectivity index (χ1v) is 10.8. The Balaban J connectivity index is 1.88. The highest BCUT2D eigenvalue weighted by Gasteiger charge is 2.31. The summed E-state index contributed by atoms with van der Waals surface area (Å²) in [6, 6.07) is 7.01. The summed E-state index contributed by atoms with van der Waals surface area (Å²) in [6.45, 7) is 5.18. The molecule has 0 bridgehead atoms. The van der Waals surface area contributed by atoms with Gasteiger partial charge < -0.3 is 11.1 Å². The number of nitrogens with zero attached hydrogens (tertiary/aromatic N) is 1. The van der Waals surface area contributed by atoms with E-state index in [2.05, 4.69) is 19.2 Å². The van der Waals surface area contributed by atoms with Crippen molar-refractivity contribution in [2.24, 2.45) is 11.7 Å². The second kappa shape index (κ2) is 9.32. The molecule has 1 fully saturated rings. The molecule has 1 aromatic rings.